The number of ether oxygens (including phenoxy) is 1. The molecular weight excluding hydrogens is 222 g/mol. The Labute approximate surface area is 103 Å². The highest BCUT2D eigenvalue weighted by molar-refractivity contribution is 6.17. The minimum Gasteiger partial charge on any atom is -0.496 e. The topological polar surface area (TPSA) is 21.3 Å². The Morgan fingerprint density at radius 1 is 1.38 bits per heavy atom. The second-order valence-electron chi connectivity index (χ2n) is 3.72. The molecular formula is C13H20ClNO. The van der Waals surface area contributed by atoms with E-state index in [4.69, 9.17) is 16.3 Å². The lowest BCUT2D eigenvalue weighted by atomic mass is 10.1. The van der Waals surface area contributed by atoms with Crippen LogP contribution in [0.1, 0.15) is 24.5 Å². The van der Waals surface area contributed by atoms with E-state index < -0.39 is 0 Å². The summed E-state index contributed by atoms with van der Waals surface area (Å²) in [5, 5.41) is 3.37. The van der Waals surface area contributed by atoms with E-state index in [-0.39, 0.29) is 0 Å². The van der Waals surface area contributed by atoms with Gasteiger partial charge in [0.1, 0.15) is 5.75 Å². The zero-order chi connectivity index (χ0) is 11.8. The highest BCUT2D eigenvalue weighted by Gasteiger charge is 2.02. The van der Waals surface area contributed by atoms with Crippen molar-refractivity contribution in [1.29, 1.82) is 0 Å². The van der Waals surface area contributed by atoms with E-state index >= 15 is 0 Å². The number of rotatable bonds is 7. The van der Waals surface area contributed by atoms with E-state index in [0.717, 1.165) is 37.6 Å². The number of methoxy groups -OCH3 is 1. The van der Waals surface area contributed by atoms with Gasteiger partial charge in [0, 0.05) is 12.4 Å². The van der Waals surface area contributed by atoms with Gasteiger partial charge in [-0.3, -0.25) is 0 Å². The van der Waals surface area contributed by atoms with Crippen LogP contribution in [0, 0.1) is 0 Å². The van der Waals surface area contributed by atoms with Crippen molar-refractivity contribution in [2.45, 2.75) is 26.3 Å². The number of halogens is 1. The molecule has 0 radical (unpaired) electrons. The van der Waals surface area contributed by atoms with Crippen molar-refractivity contribution in [1.82, 2.24) is 5.32 Å². The van der Waals surface area contributed by atoms with E-state index in [2.05, 4.69) is 24.4 Å². The van der Waals surface area contributed by atoms with Crippen molar-refractivity contribution in [3.05, 3.63) is 29.3 Å². The molecule has 0 spiro atoms. The van der Waals surface area contributed by atoms with Gasteiger partial charge in [0.05, 0.1) is 7.11 Å². The Balaban J connectivity index is 2.54. The fraction of sp³-hybridized carbons (Fsp3) is 0.538. The van der Waals surface area contributed by atoms with Crippen LogP contribution in [0.3, 0.4) is 0 Å². The molecule has 0 bridgehead atoms. The Kier molecular flexibility index (Phi) is 6.27. The van der Waals surface area contributed by atoms with Crippen LogP contribution in [-0.2, 0) is 13.0 Å². The molecule has 3 heteroatoms. The quantitative estimate of drug-likeness (QED) is 0.586. The first-order valence-electron chi connectivity index (χ1n) is 5.74. The first kappa shape index (κ1) is 13.3. The minimum atomic E-state index is 0.718. The molecule has 0 saturated heterocycles. The summed E-state index contributed by atoms with van der Waals surface area (Å²) in [6.45, 7) is 4.01. The maximum Gasteiger partial charge on any atom is 0.122 e. The van der Waals surface area contributed by atoms with E-state index in [0.29, 0.717) is 0 Å². The molecule has 0 aromatic heterocycles. The van der Waals surface area contributed by atoms with Gasteiger partial charge < -0.3 is 10.1 Å². The Morgan fingerprint density at radius 3 is 2.81 bits per heavy atom. The molecule has 0 amide bonds. The van der Waals surface area contributed by atoms with Crippen LogP contribution in [0.2, 0.25) is 0 Å². The summed E-state index contributed by atoms with van der Waals surface area (Å²) in [5.41, 5.74) is 2.56. The lowest BCUT2D eigenvalue weighted by Crippen LogP contribution is -2.15. The number of aryl methyl sites for hydroxylation is 1. The molecule has 0 heterocycles. The first-order valence-corrected chi connectivity index (χ1v) is 6.27. The first-order chi connectivity index (χ1) is 7.81. The van der Waals surface area contributed by atoms with Gasteiger partial charge in [-0.1, -0.05) is 19.1 Å². The maximum absolute atomic E-state index is 5.61. The van der Waals surface area contributed by atoms with Gasteiger partial charge in [0.2, 0.25) is 0 Å². The van der Waals surface area contributed by atoms with E-state index in [1.165, 1.54) is 11.1 Å². The van der Waals surface area contributed by atoms with Crippen molar-refractivity contribution in [3.63, 3.8) is 0 Å². The molecule has 90 valence electrons. The molecule has 1 N–H and O–H groups in total. The van der Waals surface area contributed by atoms with Gasteiger partial charge >= 0.3 is 0 Å². The molecule has 0 atom stereocenters. The summed E-state index contributed by atoms with van der Waals surface area (Å²) < 4.78 is 5.30. The lowest BCUT2D eigenvalue weighted by Gasteiger charge is -2.09. The normalized spacial score (nSPS) is 10.4. The van der Waals surface area contributed by atoms with Crippen molar-refractivity contribution in [3.8, 4) is 5.75 Å². The summed E-state index contributed by atoms with van der Waals surface area (Å²) in [6.07, 6.45) is 2.01. The smallest absolute Gasteiger partial charge is 0.122 e. The van der Waals surface area contributed by atoms with Crippen LogP contribution < -0.4 is 10.1 Å². The third kappa shape index (κ3) is 4.03. The molecule has 1 aromatic rings. The number of nitrogens with one attached hydrogen (secondary N) is 1. The lowest BCUT2D eigenvalue weighted by molar-refractivity contribution is 0.410. The van der Waals surface area contributed by atoms with Crippen molar-refractivity contribution < 1.29 is 4.74 Å². The summed E-state index contributed by atoms with van der Waals surface area (Å²) in [5.74, 6) is 1.70. The fourth-order valence-corrected chi connectivity index (χ4v) is 1.78. The third-order valence-electron chi connectivity index (χ3n) is 2.54. The monoisotopic (exact) mass is 241 g/mol. The molecule has 0 aliphatic heterocycles. The molecule has 1 rings (SSSR count). The second-order valence-corrected chi connectivity index (χ2v) is 4.10. The van der Waals surface area contributed by atoms with Crippen molar-refractivity contribution >= 4 is 11.6 Å². The van der Waals surface area contributed by atoms with Gasteiger partial charge in [0.15, 0.2) is 0 Å². The Hall–Kier alpha value is -0.730. The van der Waals surface area contributed by atoms with Crippen LogP contribution in [-0.4, -0.2) is 19.5 Å². The predicted octanol–water partition coefficient (Wildman–Crippen LogP) is 2.98. The summed E-state index contributed by atoms with van der Waals surface area (Å²) in [6, 6.07) is 6.34. The molecule has 0 aliphatic carbocycles. The highest BCUT2D eigenvalue weighted by atomic mass is 35.5. The van der Waals surface area contributed by atoms with E-state index in [1.54, 1.807) is 7.11 Å². The van der Waals surface area contributed by atoms with Crippen LogP contribution in [0.25, 0.3) is 0 Å². The molecule has 1 aromatic carbocycles. The van der Waals surface area contributed by atoms with Crippen LogP contribution in [0.5, 0.6) is 5.75 Å². The molecule has 0 saturated carbocycles. The predicted molar refractivity (Wildman–Crippen MR) is 69.4 cm³/mol. The maximum atomic E-state index is 5.61. The zero-order valence-corrected chi connectivity index (χ0v) is 10.8. The van der Waals surface area contributed by atoms with Gasteiger partial charge in [-0.05, 0) is 36.6 Å². The average Bonchev–Trinajstić information content (AvgIpc) is 2.34. The molecule has 0 aliphatic rings. The molecule has 0 fully saturated rings. The third-order valence-corrected chi connectivity index (χ3v) is 2.81. The number of alkyl halides is 1. The van der Waals surface area contributed by atoms with Crippen LogP contribution in [0.4, 0.5) is 0 Å². The summed E-state index contributed by atoms with van der Waals surface area (Å²) in [7, 11) is 1.72. The molecule has 2 nitrogen and oxygen atoms in total. The zero-order valence-electron chi connectivity index (χ0n) is 10.1. The second kappa shape index (κ2) is 7.53. The number of hydrogen-bond acceptors (Lipinski definition) is 2. The largest absolute Gasteiger partial charge is 0.496 e. The Bertz CT molecular complexity index is 315. The van der Waals surface area contributed by atoms with Gasteiger partial charge in [-0.2, -0.15) is 0 Å². The van der Waals surface area contributed by atoms with E-state index in [1.807, 2.05) is 6.07 Å². The van der Waals surface area contributed by atoms with Gasteiger partial charge in [0.25, 0.3) is 0 Å². The van der Waals surface area contributed by atoms with Crippen molar-refractivity contribution in [2.24, 2.45) is 0 Å². The van der Waals surface area contributed by atoms with E-state index in [9.17, 15) is 0 Å². The highest BCUT2D eigenvalue weighted by Crippen LogP contribution is 2.20. The van der Waals surface area contributed by atoms with Gasteiger partial charge in [-0.25, -0.2) is 0 Å². The average molecular weight is 242 g/mol. The standard InChI is InChI=1S/C13H20ClNO/c1-3-12-9-11(5-6-13(12)16-2)10-15-8-4-7-14/h5-6,9,15H,3-4,7-8,10H2,1-2H3. The molecule has 16 heavy (non-hydrogen) atoms. The van der Waals surface area contributed by atoms with Crippen LogP contribution in [0.15, 0.2) is 18.2 Å². The Morgan fingerprint density at radius 2 is 2.19 bits per heavy atom. The summed E-state index contributed by atoms with van der Waals surface area (Å²) in [4.78, 5) is 0. The number of hydrogen-bond donors (Lipinski definition) is 1. The fourth-order valence-electron chi connectivity index (χ4n) is 1.64. The molecule has 0 unspecified atom stereocenters. The SMILES string of the molecule is CCc1cc(CNCCCCl)ccc1OC. The summed E-state index contributed by atoms with van der Waals surface area (Å²) >= 11 is 5.61. The minimum absolute atomic E-state index is 0.718. The number of benzene rings is 1. The van der Waals surface area contributed by atoms with Gasteiger partial charge in [-0.15, -0.1) is 11.6 Å². The van der Waals surface area contributed by atoms with Crippen LogP contribution >= 0.6 is 11.6 Å². The van der Waals surface area contributed by atoms with Crippen molar-refractivity contribution in [2.75, 3.05) is 19.5 Å².